The van der Waals surface area contributed by atoms with E-state index >= 15 is 0 Å². The highest BCUT2D eigenvalue weighted by molar-refractivity contribution is 7.99. The number of carbonyl (C=O) groups excluding carboxylic acids is 1. The number of nitrogens with one attached hydrogen (secondary N) is 1. The molecule has 0 spiro atoms. The summed E-state index contributed by atoms with van der Waals surface area (Å²) >= 11 is 1.97. The molecule has 92 valence electrons. The summed E-state index contributed by atoms with van der Waals surface area (Å²) < 4.78 is 4.77. The molecule has 3 nitrogen and oxygen atoms in total. The number of rotatable bonds is 3. The second-order valence-electron chi connectivity index (χ2n) is 4.17. The van der Waals surface area contributed by atoms with Crippen molar-refractivity contribution >= 4 is 23.4 Å². The van der Waals surface area contributed by atoms with Crippen LogP contribution in [0.3, 0.4) is 0 Å². The zero-order valence-corrected chi connectivity index (χ0v) is 11.0. The van der Waals surface area contributed by atoms with Gasteiger partial charge in [0.05, 0.1) is 12.7 Å². The van der Waals surface area contributed by atoms with E-state index in [0.717, 1.165) is 17.0 Å². The molecular formula is C13H17NO2S. The average molecular weight is 251 g/mol. The number of ether oxygens (including phenoxy) is 1. The largest absolute Gasteiger partial charge is 0.465 e. The van der Waals surface area contributed by atoms with Gasteiger partial charge in [0.15, 0.2) is 0 Å². The molecule has 1 heterocycles. The molecule has 1 N–H and O–H groups in total. The maximum absolute atomic E-state index is 11.6. The molecule has 0 amide bonds. The van der Waals surface area contributed by atoms with Crippen molar-refractivity contribution in [2.75, 3.05) is 23.9 Å². The van der Waals surface area contributed by atoms with E-state index in [1.54, 1.807) is 6.07 Å². The van der Waals surface area contributed by atoms with Crippen molar-refractivity contribution < 1.29 is 9.53 Å². The third-order valence-corrected chi connectivity index (χ3v) is 4.19. The quantitative estimate of drug-likeness (QED) is 0.838. The van der Waals surface area contributed by atoms with Crippen molar-refractivity contribution in [3.05, 3.63) is 29.3 Å². The molecule has 0 saturated carbocycles. The Morgan fingerprint density at radius 3 is 3.00 bits per heavy atom. The van der Waals surface area contributed by atoms with Crippen LogP contribution in [0.2, 0.25) is 0 Å². The SMILES string of the molecule is COC(=O)c1cccc(NC2CCSC2)c1C. The topological polar surface area (TPSA) is 38.3 Å². The molecule has 1 saturated heterocycles. The van der Waals surface area contributed by atoms with Gasteiger partial charge < -0.3 is 10.1 Å². The van der Waals surface area contributed by atoms with E-state index in [2.05, 4.69) is 5.32 Å². The van der Waals surface area contributed by atoms with E-state index in [-0.39, 0.29) is 5.97 Å². The number of hydrogen-bond acceptors (Lipinski definition) is 4. The van der Waals surface area contributed by atoms with Crippen LogP contribution in [0.5, 0.6) is 0 Å². The van der Waals surface area contributed by atoms with Crippen molar-refractivity contribution in [1.82, 2.24) is 0 Å². The number of thioether (sulfide) groups is 1. The average Bonchev–Trinajstić information content (AvgIpc) is 2.84. The molecule has 0 bridgehead atoms. The molecule has 1 fully saturated rings. The van der Waals surface area contributed by atoms with E-state index in [1.165, 1.54) is 19.3 Å². The molecule has 1 aliphatic rings. The summed E-state index contributed by atoms with van der Waals surface area (Å²) in [5.41, 5.74) is 2.65. The first-order valence-corrected chi connectivity index (χ1v) is 6.90. The lowest BCUT2D eigenvalue weighted by atomic mass is 10.1. The number of methoxy groups -OCH3 is 1. The summed E-state index contributed by atoms with van der Waals surface area (Å²) in [4.78, 5) is 11.6. The van der Waals surface area contributed by atoms with E-state index < -0.39 is 0 Å². The third-order valence-electron chi connectivity index (χ3n) is 3.03. The second-order valence-corrected chi connectivity index (χ2v) is 5.32. The van der Waals surface area contributed by atoms with Gasteiger partial charge in [-0.3, -0.25) is 0 Å². The van der Waals surface area contributed by atoms with Crippen LogP contribution in [0.1, 0.15) is 22.3 Å². The zero-order chi connectivity index (χ0) is 12.3. The van der Waals surface area contributed by atoms with Crippen LogP contribution in [0.25, 0.3) is 0 Å². The molecule has 4 heteroatoms. The van der Waals surface area contributed by atoms with Gasteiger partial charge in [0.25, 0.3) is 0 Å². The van der Waals surface area contributed by atoms with E-state index in [4.69, 9.17) is 4.74 Å². The Labute approximate surface area is 106 Å². The van der Waals surface area contributed by atoms with Crippen LogP contribution >= 0.6 is 11.8 Å². The molecule has 1 aromatic rings. The highest BCUT2D eigenvalue weighted by atomic mass is 32.2. The predicted molar refractivity (Wildman–Crippen MR) is 71.9 cm³/mol. The first-order valence-electron chi connectivity index (χ1n) is 5.74. The highest BCUT2D eigenvalue weighted by Gasteiger charge is 2.17. The monoisotopic (exact) mass is 251 g/mol. The Morgan fingerprint density at radius 1 is 1.53 bits per heavy atom. The Hall–Kier alpha value is -1.16. The Morgan fingerprint density at radius 2 is 2.35 bits per heavy atom. The minimum absolute atomic E-state index is 0.271. The number of benzene rings is 1. The molecule has 0 radical (unpaired) electrons. The fraction of sp³-hybridized carbons (Fsp3) is 0.462. The van der Waals surface area contributed by atoms with Gasteiger partial charge in [-0.2, -0.15) is 11.8 Å². The summed E-state index contributed by atoms with van der Waals surface area (Å²) in [6.07, 6.45) is 1.19. The summed E-state index contributed by atoms with van der Waals surface area (Å²) in [6.45, 7) is 1.96. The first-order chi connectivity index (χ1) is 8.22. The van der Waals surface area contributed by atoms with Gasteiger partial charge in [0.2, 0.25) is 0 Å². The van der Waals surface area contributed by atoms with Gasteiger partial charge in [-0.15, -0.1) is 0 Å². The van der Waals surface area contributed by atoms with Crippen LogP contribution in [0.4, 0.5) is 5.69 Å². The predicted octanol–water partition coefficient (Wildman–Crippen LogP) is 2.70. The molecule has 1 aromatic carbocycles. The first kappa shape index (κ1) is 12.3. The summed E-state index contributed by atoms with van der Waals surface area (Å²) in [5, 5.41) is 3.50. The normalized spacial score (nSPS) is 19.1. The number of anilines is 1. The Balaban J connectivity index is 2.19. The third kappa shape index (κ3) is 2.75. The number of carbonyl (C=O) groups is 1. The van der Waals surface area contributed by atoms with Crippen molar-refractivity contribution in [2.24, 2.45) is 0 Å². The Kier molecular flexibility index (Phi) is 3.94. The van der Waals surface area contributed by atoms with Crippen molar-refractivity contribution in [3.63, 3.8) is 0 Å². The van der Waals surface area contributed by atoms with Crippen LogP contribution in [-0.2, 0) is 4.74 Å². The minimum atomic E-state index is -0.271. The van der Waals surface area contributed by atoms with Crippen LogP contribution in [-0.4, -0.2) is 30.6 Å². The van der Waals surface area contributed by atoms with Crippen molar-refractivity contribution in [1.29, 1.82) is 0 Å². The smallest absolute Gasteiger partial charge is 0.338 e. The maximum atomic E-state index is 11.6. The molecule has 17 heavy (non-hydrogen) atoms. The highest BCUT2D eigenvalue weighted by Crippen LogP contribution is 2.25. The van der Waals surface area contributed by atoms with Gasteiger partial charge in [0.1, 0.15) is 0 Å². The van der Waals surface area contributed by atoms with Gasteiger partial charge in [-0.25, -0.2) is 4.79 Å². The molecule has 0 aliphatic carbocycles. The fourth-order valence-corrected chi connectivity index (χ4v) is 3.14. The lowest BCUT2D eigenvalue weighted by Gasteiger charge is -2.16. The van der Waals surface area contributed by atoms with E-state index in [0.29, 0.717) is 11.6 Å². The second kappa shape index (κ2) is 5.45. The number of esters is 1. The van der Waals surface area contributed by atoms with Gasteiger partial charge in [-0.1, -0.05) is 6.07 Å². The van der Waals surface area contributed by atoms with E-state index in [1.807, 2.05) is 30.8 Å². The summed E-state index contributed by atoms with van der Waals surface area (Å²) in [7, 11) is 1.41. The van der Waals surface area contributed by atoms with Gasteiger partial charge in [0, 0.05) is 17.5 Å². The van der Waals surface area contributed by atoms with Gasteiger partial charge in [-0.05, 0) is 36.8 Å². The van der Waals surface area contributed by atoms with Crippen LogP contribution in [0, 0.1) is 6.92 Å². The summed E-state index contributed by atoms with van der Waals surface area (Å²) in [6, 6.07) is 6.23. The van der Waals surface area contributed by atoms with Crippen molar-refractivity contribution in [2.45, 2.75) is 19.4 Å². The molecule has 1 atom stereocenters. The zero-order valence-electron chi connectivity index (χ0n) is 10.2. The molecule has 1 unspecified atom stereocenters. The van der Waals surface area contributed by atoms with Crippen molar-refractivity contribution in [3.8, 4) is 0 Å². The molecular weight excluding hydrogens is 234 g/mol. The number of hydrogen-bond donors (Lipinski definition) is 1. The summed E-state index contributed by atoms with van der Waals surface area (Å²) in [5.74, 6) is 2.09. The fourth-order valence-electron chi connectivity index (χ4n) is 1.99. The van der Waals surface area contributed by atoms with E-state index in [9.17, 15) is 4.79 Å². The lowest BCUT2D eigenvalue weighted by Crippen LogP contribution is -2.19. The molecule has 0 aromatic heterocycles. The van der Waals surface area contributed by atoms with Crippen LogP contribution in [0.15, 0.2) is 18.2 Å². The molecule has 2 rings (SSSR count). The maximum Gasteiger partial charge on any atom is 0.338 e. The van der Waals surface area contributed by atoms with Crippen LogP contribution < -0.4 is 5.32 Å². The Bertz CT molecular complexity index is 414. The standard InChI is InChI=1S/C13H17NO2S/c1-9-11(13(15)16-2)4-3-5-12(9)14-10-6-7-17-8-10/h3-5,10,14H,6-8H2,1-2H3. The lowest BCUT2D eigenvalue weighted by molar-refractivity contribution is 0.0600. The minimum Gasteiger partial charge on any atom is -0.465 e. The molecule has 1 aliphatic heterocycles. The van der Waals surface area contributed by atoms with Gasteiger partial charge >= 0.3 is 5.97 Å².